The minimum atomic E-state index is 0.274. The van der Waals surface area contributed by atoms with E-state index in [9.17, 15) is 4.79 Å². The van der Waals surface area contributed by atoms with Crippen molar-refractivity contribution in [3.8, 4) is 5.75 Å². The number of aromatic amines is 1. The second-order valence-electron chi connectivity index (χ2n) is 7.00. The van der Waals surface area contributed by atoms with Gasteiger partial charge < -0.3 is 15.0 Å². The van der Waals surface area contributed by atoms with E-state index in [1.54, 1.807) is 7.11 Å². The minimum Gasteiger partial charge on any atom is -0.497 e. The van der Waals surface area contributed by atoms with Crippen LogP contribution < -0.4 is 10.1 Å². The van der Waals surface area contributed by atoms with Gasteiger partial charge in [0, 0.05) is 29.1 Å². The van der Waals surface area contributed by atoms with E-state index in [-0.39, 0.29) is 5.91 Å². The molecule has 0 bridgehead atoms. The normalized spacial score (nSPS) is 24.6. The smallest absolute Gasteiger partial charge is 0.223 e. The van der Waals surface area contributed by atoms with Crippen LogP contribution in [0.25, 0.3) is 10.9 Å². The molecule has 122 valence electrons. The minimum absolute atomic E-state index is 0.274. The first-order valence-corrected chi connectivity index (χ1v) is 8.70. The fourth-order valence-electron chi connectivity index (χ4n) is 3.85. The van der Waals surface area contributed by atoms with Crippen molar-refractivity contribution < 1.29 is 9.53 Å². The topological polar surface area (TPSA) is 54.1 Å². The van der Waals surface area contributed by atoms with Gasteiger partial charge in [0.2, 0.25) is 5.91 Å². The van der Waals surface area contributed by atoms with E-state index in [0.717, 1.165) is 36.9 Å². The Balaban J connectivity index is 1.53. The molecule has 0 saturated heterocycles. The summed E-state index contributed by atoms with van der Waals surface area (Å²) in [5, 5.41) is 4.52. The number of amides is 1. The molecule has 0 radical (unpaired) electrons. The molecule has 1 heterocycles. The molecule has 0 aliphatic heterocycles. The lowest BCUT2D eigenvalue weighted by Gasteiger charge is -2.30. The van der Waals surface area contributed by atoms with Crippen molar-refractivity contribution in [2.45, 2.75) is 50.5 Å². The van der Waals surface area contributed by atoms with Crippen LogP contribution in [-0.4, -0.2) is 24.0 Å². The predicted octanol–water partition coefficient (Wildman–Crippen LogP) is 3.73. The van der Waals surface area contributed by atoms with Gasteiger partial charge in [-0.15, -0.1) is 0 Å². The summed E-state index contributed by atoms with van der Waals surface area (Å²) in [5.74, 6) is 1.98. The molecule has 23 heavy (non-hydrogen) atoms. The van der Waals surface area contributed by atoms with E-state index in [0.29, 0.717) is 17.9 Å². The Morgan fingerprint density at radius 1 is 1.26 bits per heavy atom. The average molecular weight is 312 g/mol. The molecule has 2 N–H and O–H groups in total. The number of rotatable bonds is 4. The van der Waals surface area contributed by atoms with Gasteiger partial charge in [-0.1, -0.05) is 6.42 Å². The van der Waals surface area contributed by atoms with E-state index in [1.165, 1.54) is 23.8 Å². The molecule has 0 spiro atoms. The van der Waals surface area contributed by atoms with Crippen molar-refractivity contribution in [2.24, 2.45) is 5.92 Å². The SMILES string of the molecule is COc1ccc2[nH]cc([C@@H]3CCC[C@H](NC(=O)C4CC4)C3)c2c1. The molecule has 1 aromatic carbocycles. The summed E-state index contributed by atoms with van der Waals surface area (Å²) < 4.78 is 5.37. The second-order valence-corrected chi connectivity index (χ2v) is 7.00. The molecule has 1 aromatic heterocycles. The number of H-pyrrole nitrogens is 1. The highest BCUT2D eigenvalue weighted by molar-refractivity contribution is 5.85. The van der Waals surface area contributed by atoms with Crippen LogP contribution in [0.2, 0.25) is 0 Å². The molecule has 2 atom stereocenters. The predicted molar refractivity (Wildman–Crippen MR) is 90.7 cm³/mol. The summed E-state index contributed by atoms with van der Waals surface area (Å²) >= 11 is 0. The van der Waals surface area contributed by atoms with Gasteiger partial charge in [0.05, 0.1) is 7.11 Å². The van der Waals surface area contributed by atoms with E-state index in [1.807, 2.05) is 6.07 Å². The first kappa shape index (κ1) is 14.6. The number of carbonyl (C=O) groups is 1. The average Bonchev–Trinajstić information content (AvgIpc) is 3.34. The first-order chi connectivity index (χ1) is 11.2. The van der Waals surface area contributed by atoms with Gasteiger partial charge in [-0.25, -0.2) is 0 Å². The number of hydrogen-bond acceptors (Lipinski definition) is 2. The number of carbonyl (C=O) groups excluding carboxylic acids is 1. The van der Waals surface area contributed by atoms with Crippen LogP contribution in [0.3, 0.4) is 0 Å². The highest BCUT2D eigenvalue weighted by Gasteiger charge is 2.33. The Hall–Kier alpha value is -1.97. The largest absolute Gasteiger partial charge is 0.497 e. The quantitative estimate of drug-likeness (QED) is 0.904. The maximum absolute atomic E-state index is 12.0. The van der Waals surface area contributed by atoms with Crippen LogP contribution in [0, 0.1) is 5.92 Å². The first-order valence-electron chi connectivity index (χ1n) is 8.70. The molecule has 2 aliphatic rings. The van der Waals surface area contributed by atoms with Gasteiger partial charge in [-0.3, -0.25) is 4.79 Å². The zero-order chi connectivity index (χ0) is 15.8. The van der Waals surface area contributed by atoms with Gasteiger partial charge in [0.25, 0.3) is 0 Å². The van der Waals surface area contributed by atoms with Crippen LogP contribution >= 0.6 is 0 Å². The third-order valence-corrected chi connectivity index (χ3v) is 5.33. The Morgan fingerprint density at radius 3 is 2.91 bits per heavy atom. The lowest BCUT2D eigenvalue weighted by atomic mass is 9.81. The fraction of sp³-hybridized carbons (Fsp3) is 0.526. The van der Waals surface area contributed by atoms with Crippen LogP contribution in [0.15, 0.2) is 24.4 Å². The van der Waals surface area contributed by atoms with Crippen molar-refractivity contribution in [1.82, 2.24) is 10.3 Å². The molecule has 4 nitrogen and oxygen atoms in total. The Morgan fingerprint density at radius 2 is 2.13 bits per heavy atom. The molecule has 2 aliphatic carbocycles. The number of benzene rings is 1. The molecule has 2 aromatic rings. The van der Waals surface area contributed by atoms with Crippen molar-refractivity contribution in [1.29, 1.82) is 0 Å². The van der Waals surface area contributed by atoms with Gasteiger partial charge >= 0.3 is 0 Å². The number of ether oxygens (including phenoxy) is 1. The van der Waals surface area contributed by atoms with E-state index >= 15 is 0 Å². The van der Waals surface area contributed by atoms with Crippen molar-refractivity contribution in [3.05, 3.63) is 30.0 Å². The van der Waals surface area contributed by atoms with Gasteiger partial charge in [0.15, 0.2) is 0 Å². The standard InChI is InChI=1S/C19H24N2O2/c1-23-15-7-8-18-16(10-15)17(11-20-18)13-3-2-4-14(9-13)21-19(22)12-5-6-12/h7-8,10-14,20H,2-6,9H2,1H3,(H,21,22)/t13-,14+/m1/s1. The lowest BCUT2D eigenvalue weighted by molar-refractivity contribution is -0.123. The van der Waals surface area contributed by atoms with Crippen molar-refractivity contribution in [2.75, 3.05) is 7.11 Å². The lowest BCUT2D eigenvalue weighted by Crippen LogP contribution is -2.38. The molecule has 1 amide bonds. The highest BCUT2D eigenvalue weighted by Crippen LogP contribution is 2.38. The van der Waals surface area contributed by atoms with Crippen LogP contribution in [-0.2, 0) is 4.79 Å². The van der Waals surface area contributed by atoms with Crippen molar-refractivity contribution >= 4 is 16.8 Å². The zero-order valence-electron chi connectivity index (χ0n) is 13.6. The van der Waals surface area contributed by atoms with Crippen molar-refractivity contribution in [3.63, 3.8) is 0 Å². The number of hydrogen-bond donors (Lipinski definition) is 2. The molecule has 2 saturated carbocycles. The second kappa shape index (κ2) is 5.91. The molecule has 2 fully saturated rings. The third kappa shape index (κ3) is 2.94. The van der Waals surface area contributed by atoms with Crippen LogP contribution in [0.5, 0.6) is 5.75 Å². The van der Waals surface area contributed by atoms with Gasteiger partial charge in [0.1, 0.15) is 5.75 Å². The van der Waals surface area contributed by atoms with E-state index in [2.05, 4.69) is 28.6 Å². The van der Waals surface area contributed by atoms with Crippen LogP contribution in [0.4, 0.5) is 0 Å². The molecular formula is C19H24N2O2. The summed E-state index contributed by atoms with van der Waals surface area (Å²) in [5.41, 5.74) is 2.52. The maximum Gasteiger partial charge on any atom is 0.223 e. The highest BCUT2D eigenvalue weighted by atomic mass is 16.5. The molecule has 4 heteroatoms. The zero-order valence-corrected chi connectivity index (χ0v) is 13.6. The number of methoxy groups -OCH3 is 1. The summed E-state index contributed by atoms with van der Waals surface area (Å²) in [7, 11) is 1.71. The number of fused-ring (bicyclic) bond motifs is 1. The van der Waals surface area contributed by atoms with Gasteiger partial charge in [-0.2, -0.15) is 0 Å². The Labute approximate surface area is 136 Å². The monoisotopic (exact) mass is 312 g/mol. The fourth-order valence-corrected chi connectivity index (χ4v) is 3.85. The maximum atomic E-state index is 12.0. The van der Waals surface area contributed by atoms with Gasteiger partial charge in [-0.05, 0) is 61.8 Å². The Kier molecular flexibility index (Phi) is 3.76. The van der Waals surface area contributed by atoms with E-state index < -0.39 is 0 Å². The summed E-state index contributed by atoms with van der Waals surface area (Å²) in [4.78, 5) is 15.4. The summed E-state index contributed by atoms with van der Waals surface area (Å²) in [6, 6.07) is 6.51. The summed E-state index contributed by atoms with van der Waals surface area (Å²) in [6.45, 7) is 0. The van der Waals surface area contributed by atoms with E-state index in [4.69, 9.17) is 4.74 Å². The number of nitrogens with one attached hydrogen (secondary N) is 2. The molecule has 0 unspecified atom stereocenters. The number of aromatic nitrogens is 1. The summed E-state index contributed by atoms with van der Waals surface area (Å²) in [6.07, 6.45) is 8.81. The molecular weight excluding hydrogens is 288 g/mol. The third-order valence-electron chi connectivity index (χ3n) is 5.33. The molecule has 4 rings (SSSR count). The Bertz CT molecular complexity index is 717. The van der Waals surface area contributed by atoms with Crippen LogP contribution in [0.1, 0.15) is 50.0 Å².